The molecule has 0 rings (SSSR count). The van der Waals surface area contributed by atoms with Gasteiger partial charge in [-0.05, 0) is 13.8 Å². The van der Waals surface area contributed by atoms with Gasteiger partial charge in [0.2, 0.25) is 0 Å². The average Bonchev–Trinajstić information content (AvgIpc) is 2.87. The number of ether oxygens (including phenoxy) is 2. The lowest BCUT2D eigenvalue weighted by Gasteiger charge is -2.40. The second-order valence-corrected chi connectivity index (χ2v) is 9.77. The Labute approximate surface area is 263 Å². The van der Waals surface area contributed by atoms with E-state index in [1.807, 2.05) is 0 Å². The van der Waals surface area contributed by atoms with Gasteiger partial charge < -0.3 is 14.6 Å². The number of alkyl halides is 22. The Kier molecular flexibility index (Phi) is 14.9. The summed E-state index contributed by atoms with van der Waals surface area (Å²) in [5.74, 6) is -29.7. The maximum atomic E-state index is 13.4. The first-order chi connectivity index (χ1) is 21.5. The number of aliphatic hydroxyl groups is 1. The summed E-state index contributed by atoms with van der Waals surface area (Å²) in [4.78, 5) is 21.7. The molecule has 0 aromatic heterocycles. The highest BCUT2D eigenvalue weighted by molar-refractivity contribution is 5.87. The summed E-state index contributed by atoms with van der Waals surface area (Å²) in [5.41, 5.74) is -15.8. The van der Waals surface area contributed by atoms with Gasteiger partial charge in [-0.25, -0.2) is 18.4 Å². The Hall–Kier alpha value is -3.16. The Morgan fingerprint density at radius 3 is 1.10 bits per heavy atom. The van der Waals surface area contributed by atoms with Crippen LogP contribution in [0.15, 0.2) is 24.3 Å². The van der Waals surface area contributed by atoms with Crippen LogP contribution >= 0.6 is 0 Å². The average molecular weight is 794 g/mol. The van der Waals surface area contributed by atoms with Crippen LogP contribution in [0.1, 0.15) is 26.7 Å². The Balaban J connectivity index is 0. The fourth-order valence-corrected chi connectivity index (χ4v) is 2.87. The molecule has 0 aromatic carbocycles. The molecule has 0 aliphatic rings. The first-order valence-corrected chi connectivity index (χ1v) is 12.0. The molecule has 0 amide bonds. The van der Waals surface area contributed by atoms with E-state index < -0.39 is 109 Å². The lowest BCUT2D eigenvalue weighted by Crippen LogP contribution is -2.70. The molecule has 50 heavy (non-hydrogen) atoms. The Morgan fingerprint density at radius 2 is 0.820 bits per heavy atom. The van der Waals surface area contributed by atoms with E-state index >= 15 is 0 Å². The standard InChI is InChI=1S/C12H11F11O3.C11H9F11O2/c1-5(2)7(25)26-4-6(24)3-8(13,14)10(16,17)9(15,11(18,19)20)12(21,22)23;1-5(2)6(23)24-4-3-7(12,13)9(15,16)8(14,10(17,18)19)11(20,21)22/h6,24H,1,3-4H2,2H3;1,3-4H2,2H3. The van der Waals surface area contributed by atoms with E-state index in [0.29, 0.717) is 0 Å². The zero-order valence-corrected chi connectivity index (χ0v) is 24.2. The minimum absolute atomic E-state index is 0.341. The van der Waals surface area contributed by atoms with Gasteiger partial charge in [0.15, 0.2) is 0 Å². The molecule has 1 unspecified atom stereocenters. The Bertz CT molecular complexity index is 1180. The monoisotopic (exact) mass is 794 g/mol. The highest BCUT2D eigenvalue weighted by Gasteiger charge is 2.91. The molecule has 1 atom stereocenters. The van der Waals surface area contributed by atoms with Crippen molar-refractivity contribution >= 4 is 11.9 Å². The number of rotatable bonds is 13. The van der Waals surface area contributed by atoms with Crippen molar-refractivity contribution in [1.82, 2.24) is 0 Å². The minimum atomic E-state index is -7.59. The highest BCUT2D eigenvalue weighted by Crippen LogP contribution is 2.61. The zero-order valence-electron chi connectivity index (χ0n) is 24.2. The van der Waals surface area contributed by atoms with Gasteiger partial charge in [-0.15, -0.1) is 0 Å². The molecule has 0 fully saturated rings. The summed E-state index contributed by atoms with van der Waals surface area (Å²) in [5, 5.41) is 9.04. The van der Waals surface area contributed by atoms with Gasteiger partial charge in [0.1, 0.15) is 6.61 Å². The zero-order chi connectivity index (χ0) is 41.1. The van der Waals surface area contributed by atoms with Gasteiger partial charge in [-0.2, -0.15) is 87.8 Å². The lowest BCUT2D eigenvalue weighted by molar-refractivity contribution is -0.428. The van der Waals surface area contributed by atoms with Crippen LogP contribution in [0.3, 0.4) is 0 Å². The fourth-order valence-electron chi connectivity index (χ4n) is 2.87. The number of halogens is 22. The van der Waals surface area contributed by atoms with Crippen molar-refractivity contribution in [3.05, 3.63) is 24.3 Å². The van der Waals surface area contributed by atoms with E-state index in [1.54, 1.807) is 0 Å². The number of aliphatic hydroxyl groups excluding tert-OH is 1. The molecular weight excluding hydrogens is 774 g/mol. The second-order valence-electron chi connectivity index (χ2n) is 9.77. The third kappa shape index (κ3) is 9.79. The van der Waals surface area contributed by atoms with E-state index in [1.165, 1.54) is 0 Å². The summed E-state index contributed by atoms with van der Waals surface area (Å²) in [6.07, 6.45) is -37.7. The van der Waals surface area contributed by atoms with Gasteiger partial charge in [0.05, 0.1) is 19.1 Å². The Morgan fingerprint density at radius 1 is 0.540 bits per heavy atom. The molecule has 0 spiro atoms. The van der Waals surface area contributed by atoms with Crippen molar-refractivity contribution in [3.8, 4) is 0 Å². The van der Waals surface area contributed by atoms with E-state index in [-0.39, 0.29) is 5.57 Å². The minimum Gasteiger partial charge on any atom is -0.462 e. The number of hydrogen-bond acceptors (Lipinski definition) is 5. The van der Waals surface area contributed by atoms with Crippen LogP contribution in [0.4, 0.5) is 96.6 Å². The van der Waals surface area contributed by atoms with Gasteiger partial charge in [0, 0.05) is 17.6 Å². The number of esters is 2. The number of carbonyl (C=O) groups excluding carboxylic acids is 2. The van der Waals surface area contributed by atoms with Crippen molar-refractivity contribution in [2.75, 3.05) is 13.2 Å². The van der Waals surface area contributed by atoms with Crippen LogP contribution in [0, 0.1) is 0 Å². The second kappa shape index (κ2) is 15.2. The highest BCUT2D eigenvalue weighted by atomic mass is 19.4. The molecule has 0 aromatic rings. The van der Waals surface area contributed by atoms with Crippen LogP contribution in [-0.4, -0.2) is 96.1 Å². The SMILES string of the molecule is C=C(C)C(=O)OCC(O)CC(F)(F)C(F)(F)C(F)(C(F)(F)F)C(F)(F)F.C=C(C)C(=O)OCCC(F)(F)C(F)(F)C(F)(C(F)(F)F)C(F)(F)F. The topological polar surface area (TPSA) is 72.8 Å². The molecule has 0 radical (unpaired) electrons. The normalized spacial score (nSPS) is 15.1. The lowest BCUT2D eigenvalue weighted by atomic mass is 9.88. The fraction of sp³-hybridized carbons (Fsp3) is 0.739. The summed E-state index contributed by atoms with van der Waals surface area (Å²) in [7, 11) is 0. The molecular formula is C23H20F22O5. The number of carbonyl (C=O) groups is 2. The smallest absolute Gasteiger partial charge is 0.438 e. The van der Waals surface area contributed by atoms with Crippen molar-refractivity contribution in [1.29, 1.82) is 0 Å². The van der Waals surface area contributed by atoms with E-state index in [0.717, 1.165) is 13.8 Å². The van der Waals surface area contributed by atoms with E-state index in [4.69, 9.17) is 5.11 Å². The van der Waals surface area contributed by atoms with Gasteiger partial charge in [-0.1, -0.05) is 13.2 Å². The summed E-state index contributed by atoms with van der Waals surface area (Å²) >= 11 is 0. The predicted molar refractivity (Wildman–Crippen MR) is 118 cm³/mol. The molecule has 0 aliphatic carbocycles. The summed E-state index contributed by atoms with van der Waals surface area (Å²) < 4.78 is 287. The molecule has 0 heterocycles. The summed E-state index contributed by atoms with van der Waals surface area (Å²) in [6.45, 7) is 4.82. The maximum Gasteiger partial charge on any atom is 0.438 e. The molecule has 296 valence electrons. The molecule has 5 nitrogen and oxygen atoms in total. The van der Waals surface area contributed by atoms with Crippen molar-refractivity contribution in [2.24, 2.45) is 0 Å². The molecule has 27 heteroatoms. The quantitative estimate of drug-likeness (QED) is 0.115. The van der Waals surface area contributed by atoms with Gasteiger partial charge in [-0.3, -0.25) is 0 Å². The first-order valence-electron chi connectivity index (χ1n) is 12.0. The molecule has 0 aliphatic heterocycles. The van der Waals surface area contributed by atoms with Gasteiger partial charge >= 0.3 is 71.7 Å². The van der Waals surface area contributed by atoms with Crippen LogP contribution in [0.2, 0.25) is 0 Å². The van der Waals surface area contributed by atoms with Crippen LogP contribution in [-0.2, 0) is 19.1 Å². The van der Waals surface area contributed by atoms with E-state index in [2.05, 4.69) is 22.6 Å². The third-order valence-corrected chi connectivity index (χ3v) is 5.59. The molecule has 0 bridgehead atoms. The maximum absolute atomic E-state index is 13.4. The molecule has 1 N–H and O–H groups in total. The van der Waals surface area contributed by atoms with Crippen LogP contribution in [0.25, 0.3) is 0 Å². The molecule has 0 saturated heterocycles. The number of hydrogen-bond donors (Lipinski definition) is 1. The third-order valence-electron chi connectivity index (χ3n) is 5.59. The molecule has 0 saturated carbocycles. The summed E-state index contributed by atoms with van der Waals surface area (Å²) in [6, 6.07) is 0. The van der Waals surface area contributed by atoms with Crippen LogP contribution < -0.4 is 0 Å². The van der Waals surface area contributed by atoms with Gasteiger partial charge in [0.25, 0.3) is 0 Å². The van der Waals surface area contributed by atoms with Crippen LogP contribution in [0.5, 0.6) is 0 Å². The predicted octanol–water partition coefficient (Wildman–Crippen LogP) is 8.56. The van der Waals surface area contributed by atoms with Crippen molar-refractivity contribution < 1.29 is 121 Å². The van der Waals surface area contributed by atoms with Crippen molar-refractivity contribution in [2.45, 2.75) is 92.5 Å². The van der Waals surface area contributed by atoms with Crippen molar-refractivity contribution in [3.63, 3.8) is 0 Å². The largest absolute Gasteiger partial charge is 0.462 e. The first kappa shape index (κ1) is 49.0. The van der Waals surface area contributed by atoms with E-state index in [9.17, 15) is 106 Å².